The number of carbonyl (C=O) groups is 1. The second-order valence-electron chi connectivity index (χ2n) is 5.68. The standard InChI is InChI=1S/C14H18BrNO4/c1-14(2,3)20-13(18)16-12-9-5-4-8(15)6-11(9)19-7-10(12)17/h4-6,10,12,17H,7H2,1-3H3,(H,16,18)/t10-,12+/m1/s1. The number of halogens is 1. The Morgan fingerprint density at radius 3 is 2.85 bits per heavy atom. The first kappa shape index (κ1) is 15.1. The van der Waals surface area contributed by atoms with Gasteiger partial charge in [-0.1, -0.05) is 22.0 Å². The molecule has 1 amide bonds. The normalized spacial score (nSPS) is 21.6. The lowest BCUT2D eigenvalue weighted by atomic mass is 9.98. The zero-order valence-electron chi connectivity index (χ0n) is 11.6. The van der Waals surface area contributed by atoms with Gasteiger partial charge >= 0.3 is 6.09 Å². The second kappa shape index (κ2) is 5.61. The van der Waals surface area contributed by atoms with E-state index < -0.39 is 23.8 Å². The molecule has 6 heteroatoms. The van der Waals surface area contributed by atoms with Gasteiger partial charge in [0.15, 0.2) is 0 Å². The maximum Gasteiger partial charge on any atom is 0.408 e. The number of aliphatic hydroxyl groups is 1. The van der Waals surface area contributed by atoms with E-state index in [0.29, 0.717) is 5.75 Å². The SMILES string of the molecule is CC(C)(C)OC(=O)N[C@H]1c2ccc(Br)cc2OC[C@H]1O. The molecule has 0 aliphatic carbocycles. The molecule has 0 saturated carbocycles. The van der Waals surface area contributed by atoms with Crippen LogP contribution in [0.4, 0.5) is 4.79 Å². The molecular weight excluding hydrogens is 326 g/mol. The Morgan fingerprint density at radius 2 is 2.20 bits per heavy atom. The average molecular weight is 344 g/mol. The molecule has 0 bridgehead atoms. The lowest BCUT2D eigenvalue weighted by Crippen LogP contribution is -2.43. The third kappa shape index (κ3) is 3.64. The van der Waals surface area contributed by atoms with E-state index >= 15 is 0 Å². The van der Waals surface area contributed by atoms with Crippen molar-refractivity contribution in [2.45, 2.75) is 38.5 Å². The highest BCUT2D eigenvalue weighted by molar-refractivity contribution is 9.10. The first-order valence-corrected chi connectivity index (χ1v) is 7.15. The summed E-state index contributed by atoms with van der Waals surface area (Å²) in [6.07, 6.45) is -1.37. The Kier molecular flexibility index (Phi) is 4.25. The summed E-state index contributed by atoms with van der Waals surface area (Å²) in [5.41, 5.74) is 0.153. The second-order valence-corrected chi connectivity index (χ2v) is 6.60. The van der Waals surface area contributed by atoms with E-state index in [-0.39, 0.29) is 6.61 Å². The molecule has 2 rings (SSSR count). The lowest BCUT2D eigenvalue weighted by Gasteiger charge is -2.31. The van der Waals surface area contributed by atoms with Gasteiger partial charge < -0.3 is 19.9 Å². The number of benzene rings is 1. The van der Waals surface area contributed by atoms with Crippen LogP contribution in [-0.2, 0) is 4.74 Å². The van der Waals surface area contributed by atoms with Crippen molar-refractivity contribution < 1.29 is 19.4 Å². The van der Waals surface area contributed by atoms with Gasteiger partial charge in [-0.3, -0.25) is 0 Å². The smallest absolute Gasteiger partial charge is 0.408 e. The van der Waals surface area contributed by atoms with Crippen molar-refractivity contribution in [2.75, 3.05) is 6.61 Å². The van der Waals surface area contributed by atoms with Crippen molar-refractivity contribution in [3.63, 3.8) is 0 Å². The predicted molar refractivity (Wildman–Crippen MR) is 77.8 cm³/mol. The van der Waals surface area contributed by atoms with E-state index in [0.717, 1.165) is 10.0 Å². The van der Waals surface area contributed by atoms with Gasteiger partial charge in [0.25, 0.3) is 0 Å². The van der Waals surface area contributed by atoms with Gasteiger partial charge in [-0.25, -0.2) is 4.79 Å². The maximum absolute atomic E-state index is 11.9. The summed E-state index contributed by atoms with van der Waals surface area (Å²) < 4.78 is 11.6. The molecule has 0 spiro atoms. The summed E-state index contributed by atoms with van der Waals surface area (Å²) >= 11 is 3.36. The number of fused-ring (bicyclic) bond motifs is 1. The van der Waals surface area contributed by atoms with Crippen molar-refractivity contribution in [1.29, 1.82) is 0 Å². The number of hydrogen-bond donors (Lipinski definition) is 2. The van der Waals surface area contributed by atoms with Crippen molar-refractivity contribution in [3.05, 3.63) is 28.2 Å². The van der Waals surface area contributed by atoms with Crippen LogP contribution < -0.4 is 10.1 Å². The van der Waals surface area contributed by atoms with E-state index in [4.69, 9.17) is 9.47 Å². The van der Waals surface area contributed by atoms with Crippen molar-refractivity contribution in [3.8, 4) is 5.75 Å². The van der Waals surface area contributed by atoms with Crippen LogP contribution in [0.3, 0.4) is 0 Å². The largest absolute Gasteiger partial charge is 0.490 e. The highest BCUT2D eigenvalue weighted by atomic mass is 79.9. The summed E-state index contributed by atoms with van der Waals surface area (Å²) in [6.45, 7) is 5.50. The van der Waals surface area contributed by atoms with E-state index in [1.165, 1.54) is 0 Å². The van der Waals surface area contributed by atoms with Crippen LogP contribution >= 0.6 is 15.9 Å². The van der Waals surface area contributed by atoms with Gasteiger partial charge in [0.2, 0.25) is 0 Å². The third-order valence-electron chi connectivity index (χ3n) is 2.78. The highest BCUT2D eigenvalue weighted by Crippen LogP contribution is 2.34. The van der Waals surface area contributed by atoms with Crippen LogP contribution in [-0.4, -0.2) is 29.5 Å². The minimum Gasteiger partial charge on any atom is -0.490 e. The van der Waals surface area contributed by atoms with E-state index in [9.17, 15) is 9.90 Å². The molecule has 0 aromatic heterocycles. The van der Waals surface area contributed by atoms with E-state index in [1.54, 1.807) is 20.8 Å². The van der Waals surface area contributed by atoms with Gasteiger partial charge in [0.05, 0.1) is 6.04 Å². The first-order valence-electron chi connectivity index (χ1n) is 6.36. The number of alkyl carbamates (subject to hydrolysis) is 1. The van der Waals surface area contributed by atoms with Crippen LogP contribution in [0, 0.1) is 0 Å². The summed E-state index contributed by atoms with van der Waals surface area (Å²) in [5, 5.41) is 12.7. The first-order chi connectivity index (χ1) is 9.26. The number of carbonyl (C=O) groups excluding carboxylic acids is 1. The molecule has 0 unspecified atom stereocenters. The molecule has 1 aliphatic rings. The predicted octanol–water partition coefficient (Wildman–Crippen LogP) is 2.77. The third-order valence-corrected chi connectivity index (χ3v) is 3.27. The van der Waals surface area contributed by atoms with Crippen LogP contribution in [0.25, 0.3) is 0 Å². The number of rotatable bonds is 1. The molecule has 1 aromatic carbocycles. The minimum absolute atomic E-state index is 0.129. The molecule has 110 valence electrons. The van der Waals surface area contributed by atoms with Gasteiger partial charge in [-0.05, 0) is 32.9 Å². The fourth-order valence-corrected chi connectivity index (χ4v) is 2.32. The lowest BCUT2D eigenvalue weighted by molar-refractivity contribution is 0.0276. The fourth-order valence-electron chi connectivity index (χ4n) is 1.98. The Bertz CT molecular complexity index is 512. The number of hydrogen-bond acceptors (Lipinski definition) is 4. The Labute approximate surface area is 126 Å². The molecule has 0 saturated heterocycles. The number of amides is 1. The molecule has 5 nitrogen and oxygen atoms in total. The fraction of sp³-hybridized carbons (Fsp3) is 0.500. The highest BCUT2D eigenvalue weighted by Gasteiger charge is 2.32. The minimum atomic E-state index is -0.809. The van der Waals surface area contributed by atoms with Crippen LogP contribution in [0.5, 0.6) is 5.75 Å². The van der Waals surface area contributed by atoms with E-state index in [1.807, 2.05) is 18.2 Å². The zero-order chi connectivity index (χ0) is 14.9. The van der Waals surface area contributed by atoms with Crippen LogP contribution in [0.15, 0.2) is 22.7 Å². The number of nitrogens with one attached hydrogen (secondary N) is 1. The van der Waals surface area contributed by atoms with Crippen molar-refractivity contribution >= 4 is 22.0 Å². The van der Waals surface area contributed by atoms with Gasteiger partial charge in [0, 0.05) is 10.0 Å². The molecule has 20 heavy (non-hydrogen) atoms. The van der Waals surface area contributed by atoms with Gasteiger partial charge in [-0.15, -0.1) is 0 Å². The van der Waals surface area contributed by atoms with Gasteiger partial charge in [-0.2, -0.15) is 0 Å². The van der Waals surface area contributed by atoms with Crippen molar-refractivity contribution in [1.82, 2.24) is 5.32 Å². The summed E-state index contributed by atoms with van der Waals surface area (Å²) in [5.74, 6) is 0.644. The zero-order valence-corrected chi connectivity index (χ0v) is 13.2. The van der Waals surface area contributed by atoms with Gasteiger partial charge in [0.1, 0.15) is 24.1 Å². The number of ether oxygens (including phenoxy) is 2. The summed E-state index contributed by atoms with van der Waals surface area (Å²) in [7, 11) is 0. The monoisotopic (exact) mass is 343 g/mol. The molecular formula is C14H18BrNO4. The molecule has 2 atom stereocenters. The molecule has 2 N–H and O–H groups in total. The Balaban J connectivity index is 2.17. The van der Waals surface area contributed by atoms with E-state index in [2.05, 4.69) is 21.2 Å². The van der Waals surface area contributed by atoms with Crippen molar-refractivity contribution in [2.24, 2.45) is 0 Å². The molecule has 1 aromatic rings. The Hall–Kier alpha value is -1.27. The number of aliphatic hydroxyl groups excluding tert-OH is 1. The average Bonchev–Trinajstić information content (AvgIpc) is 2.30. The van der Waals surface area contributed by atoms with Crippen LogP contribution in [0.2, 0.25) is 0 Å². The summed E-state index contributed by atoms with van der Waals surface area (Å²) in [6, 6.07) is 4.92. The quantitative estimate of drug-likeness (QED) is 0.822. The topological polar surface area (TPSA) is 67.8 Å². The molecule has 0 radical (unpaired) electrons. The van der Waals surface area contributed by atoms with Crippen LogP contribution in [0.1, 0.15) is 32.4 Å². The summed E-state index contributed by atoms with van der Waals surface area (Å²) in [4.78, 5) is 11.9. The Morgan fingerprint density at radius 1 is 1.50 bits per heavy atom. The maximum atomic E-state index is 11.9. The molecule has 1 aliphatic heterocycles. The molecule has 1 heterocycles. The molecule has 0 fully saturated rings.